The van der Waals surface area contributed by atoms with Crippen LogP contribution in [0.15, 0.2) is 18.2 Å². The largest absolute Gasteiger partial charge is 0.493 e. The van der Waals surface area contributed by atoms with E-state index in [0.717, 1.165) is 12.0 Å². The van der Waals surface area contributed by atoms with E-state index in [1.165, 1.54) is 6.92 Å². The topological polar surface area (TPSA) is 35.5 Å². The number of rotatable bonds is 3. The molecule has 0 unspecified atom stereocenters. The third kappa shape index (κ3) is 2.49. The van der Waals surface area contributed by atoms with Gasteiger partial charge in [-0.15, -0.1) is 0 Å². The van der Waals surface area contributed by atoms with Crippen LogP contribution in [0.3, 0.4) is 0 Å². The van der Waals surface area contributed by atoms with Crippen molar-refractivity contribution < 1.29 is 14.3 Å². The Morgan fingerprint density at radius 3 is 2.57 bits per heavy atom. The third-order valence-electron chi connectivity index (χ3n) is 1.89. The quantitative estimate of drug-likeness (QED) is 0.546. The molecular formula is C11H14O3. The van der Waals surface area contributed by atoms with E-state index in [9.17, 15) is 4.79 Å². The second-order valence-electron chi connectivity index (χ2n) is 2.93. The van der Waals surface area contributed by atoms with Gasteiger partial charge in [-0.25, -0.2) is 0 Å². The lowest BCUT2D eigenvalue weighted by Crippen LogP contribution is -2.03. The van der Waals surface area contributed by atoms with E-state index < -0.39 is 0 Å². The van der Waals surface area contributed by atoms with Crippen LogP contribution in [0.4, 0.5) is 0 Å². The maximum Gasteiger partial charge on any atom is 0.308 e. The van der Waals surface area contributed by atoms with Crippen LogP contribution in [0.2, 0.25) is 0 Å². The third-order valence-corrected chi connectivity index (χ3v) is 1.89. The van der Waals surface area contributed by atoms with Crippen LogP contribution in [-0.2, 0) is 11.2 Å². The van der Waals surface area contributed by atoms with Crippen molar-refractivity contribution in [2.24, 2.45) is 0 Å². The lowest BCUT2D eigenvalue weighted by Gasteiger charge is -2.08. The van der Waals surface area contributed by atoms with Gasteiger partial charge in [-0.3, -0.25) is 4.79 Å². The maximum absolute atomic E-state index is 10.8. The molecule has 0 fully saturated rings. The molecule has 0 radical (unpaired) electrons. The monoisotopic (exact) mass is 194 g/mol. The SMILES string of the molecule is CCc1ccc(OC(C)=O)c(OC)c1. The van der Waals surface area contributed by atoms with Crippen molar-refractivity contribution in [3.8, 4) is 11.5 Å². The van der Waals surface area contributed by atoms with Crippen LogP contribution >= 0.6 is 0 Å². The molecule has 1 aromatic rings. The summed E-state index contributed by atoms with van der Waals surface area (Å²) in [6, 6.07) is 5.54. The molecule has 0 spiro atoms. The highest BCUT2D eigenvalue weighted by molar-refractivity contribution is 5.70. The van der Waals surface area contributed by atoms with Gasteiger partial charge >= 0.3 is 5.97 Å². The molecule has 0 bridgehead atoms. The van der Waals surface area contributed by atoms with E-state index in [1.54, 1.807) is 13.2 Å². The van der Waals surface area contributed by atoms with Gasteiger partial charge in [0.25, 0.3) is 0 Å². The fourth-order valence-electron chi connectivity index (χ4n) is 1.17. The zero-order valence-corrected chi connectivity index (χ0v) is 8.66. The second-order valence-corrected chi connectivity index (χ2v) is 2.93. The van der Waals surface area contributed by atoms with Gasteiger partial charge < -0.3 is 9.47 Å². The van der Waals surface area contributed by atoms with Crippen molar-refractivity contribution in [1.29, 1.82) is 0 Å². The molecule has 1 rings (SSSR count). The van der Waals surface area contributed by atoms with E-state index in [-0.39, 0.29) is 5.97 Å². The number of hydrogen-bond donors (Lipinski definition) is 0. The molecule has 3 heteroatoms. The normalized spacial score (nSPS) is 9.64. The molecule has 1 aromatic carbocycles. The van der Waals surface area contributed by atoms with Gasteiger partial charge in [0.2, 0.25) is 0 Å². The molecule has 14 heavy (non-hydrogen) atoms. The Hall–Kier alpha value is -1.51. The summed E-state index contributed by atoms with van der Waals surface area (Å²) < 4.78 is 10.1. The molecule has 0 aromatic heterocycles. The standard InChI is InChI=1S/C11H14O3/c1-4-9-5-6-10(14-8(2)12)11(7-9)13-3/h5-7H,4H2,1-3H3. The Kier molecular flexibility index (Phi) is 3.51. The first-order valence-corrected chi connectivity index (χ1v) is 4.52. The van der Waals surface area contributed by atoms with E-state index >= 15 is 0 Å². The minimum Gasteiger partial charge on any atom is -0.493 e. The van der Waals surface area contributed by atoms with Crippen molar-refractivity contribution in [2.45, 2.75) is 20.3 Å². The van der Waals surface area contributed by atoms with Crippen molar-refractivity contribution in [3.05, 3.63) is 23.8 Å². The Labute approximate surface area is 83.6 Å². The molecule has 0 aliphatic carbocycles. The number of esters is 1. The number of carbonyl (C=O) groups is 1. The van der Waals surface area contributed by atoms with Crippen molar-refractivity contribution >= 4 is 5.97 Å². The van der Waals surface area contributed by atoms with Crippen LogP contribution in [0.1, 0.15) is 19.4 Å². The van der Waals surface area contributed by atoms with Crippen molar-refractivity contribution in [1.82, 2.24) is 0 Å². The summed E-state index contributed by atoms with van der Waals surface area (Å²) in [5.74, 6) is 0.726. The van der Waals surface area contributed by atoms with Gasteiger partial charge in [0.15, 0.2) is 11.5 Å². The molecule has 0 aliphatic rings. The van der Waals surface area contributed by atoms with Crippen LogP contribution in [0.25, 0.3) is 0 Å². The minimum absolute atomic E-state index is 0.340. The number of hydrogen-bond acceptors (Lipinski definition) is 3. The molecule has 3 nitrogen and oxygen atoms in total. The molecule has 0 saturated heterocycles. The molecule has 76 valence electrons. The first-order chi connectivity index (χ1) is 6.67. The number of ether oxygens (including phenoxy) is 2. The predicted octanol–water partition coefficient (Wildman–Crippen LogP) is 2.18. The van der Waals surface area contributed by atoms with Crippen LogP contribution < -0.4 is 9.47 Å². The maximum atomic E-state index is 10.8. The smallest absolute Gasteiger partial charge is 0.308 e. The zero-order valence-electron chi connectivity index (χ0n) is 8.66. The Bertz CT molecular complexity index is 331. The van der Waals surface area contributed by atoms with Crippen LogP contribution in [-0.4, -0.2) is 13.1 Å². The highest BCUT2D eigenvalue weighted by Gasteiger charge is 2.06. The van der Waals surface area contributed by atoms with Crippen molar-refractivity contribution in [3.63, 3.8) is 0 Å². The van der Waals surface area contributed by atoms with Gasteiger partial charge in [0.05, 0.1) is 7.11 Å². The van der Waals surface area contributed by atoms with Gasteiger partial charge in [-0.1, -0.05) is 13.0 Å². The molecule has 0 atom stereocenters. The summed E-state index contributed by atoms with van der Waals surface area (Å²) in [5, 5.41) is 0. The predicted molar refractivity (Wildman–Crippen MR) is 53.7 cm³/mol. The summed E-state index contributed by atoms with van der Waals surface area (Å²) in [4.78, 5) is 10.8. The Balaban J connectivity index is 2.98. The lowest BCUT2D eigenvalue weighted by molar-refractivity contribution is -0.132. The van der Waals surface area contributed by atoms with Crippen LogP contribution in [0.5, 0.6) is 11.5 Å². The molecule has 0 aliphatic heterocycles. The fraction of sp³-hybridized carbons (Fsp3) is 0.364. The van der Waals surface area contributed by atoms with Crippen LogP contribution in [0, 0.1) is 0 Å². The van der Waals surface area contributed by atoms with E-state index in [4.69, 9.17) is 9.47 Å². The number of carbonyl (C=O) groups excluding carboxylic acids is 1. The summed E-state index contributed by atoms with van der Waals surface area (Å²) >= 11 is 0. The molecule has 0 amide bonds. The first kappa shape index (κ1) is 10.6. The lowest BCUT2D eigenvalue weighted by atomic mass is 10.1. The average Bonchev–Trinajstić information content (AvgIpc) is 2.17. The Morgan fingerprint density at radius 2 is 2.07 bits per heavy atom. The second kappa shape index (κ2) is 4.65. The number of benzene rings is 1. The van der Waals surface area contributed by atoms with Gasteiger partial charge in [-0.2, -0.15) is 0 Å². The van der Waals surface area contributed by atoms with Gasteiger partial charge in [-0.05, 0) is 24.1 Å². The van der Waals surface area contributed by atoms with Gasteiger partial charge in [0, 0.05) is 6.92 Å². The summed E-state index contributed by atoms with van der Waals surface area (Å²) in [6.07, 6.45) is 0.927. The number of aryl methyl sites for hydroxylation is 1. The fourth-order valence-corrected chi connectivity index (χ4v) is 1.17. The molecular weight excluding hydrogens is 180 g/mol. The molecule has 0 saturated carbocycles. The van der Waals surface area contributed by atoms with E-state index in [0.29, 0.717) is 11.5 Å². The van der Waals surface area contributed by atoms with Crippen molar-refractivity contribution in [2.75, 3.05) is 7.11 Å². The summed E-state index contributed by atoms with van der Waals surface area (Å²) in [5.41, 5.74) is 1.15. The zero-order chi connectivity index (χ0) is 10.6. The summed E-state index contributed by atoms with van der Waals surface area (Å²) in [7, 11) is 1.56. The Morgan fingerprint density at radius 1 is 1.36 bits per heavy atom. The average molecular weight is 194 g/mol. The first-order valence-electron chi connectivity index (χ1n) is 4.52. The molecule has 0 N–H and O–H groups in total. The van der Waals surface area contributed by atoms with Gasteiger partial charge in [0.1, 0.15) is 0 Å². The highest BCUT2D eigenvalue weighted by atomic mass is 16.6. The van der Waals surface area contributed by atoms with E-state index in [2.05, 4.69) is 6.92 Å². The number of methoxy groups -OCH3 is 1. The van der Waals surface area contributed by atoms with E-state index in [1.807, 2.05) is 12.1 Å². The molecule has 0 heterocycles. The highest BCUT2D eigenvalue weighted by Crippen LogP contribution is 2.28. The minimum atomic E-state index is -0.340. The summed E-state index contributed by atoms with van der Waals surface area (Å²) in [6.45, 7) is 3.42.